The topological polar surface area (TPSA) is 29.1 Å². The van der Waals surface area contributed by atoms with E-state index in [0.717, 1.165) is 17.5 Å². The fourth-order valence-electron chi connectivity index (χ4n) is 3.60. The van der Waals surface area contributed by atoms with Crippen LogP contribution in [-0.4, -0.2) is 17.9 Å². The number of piperidine rings is 1. The van der Waals surface area contributed by atoms with Crippen LogP contribution in [0.25, 0.3) is 0 Å². The molecule has 0 saturated carbocycles. The molecule has 0 aliphatic carbocycles. The summed E-state index contributed by atoms with van der Waals surface area (Å²) in [6, 6.07) is 9.31. The molecule has 2 aliphatic rings. The van der Waals surface area contributed by atoms with Gasteiger partial charge in [0.15, 0.2) is 5.78 Å². The van der Waals surface area contributed by atoms with Crippen LogP contribution in [0.1, 0.15) is 48.0 Å². The van der Waals surface area contributed by atoms with Gasteiger partial charge in [0.1, 0.15) is 0 Å². The maximum Gasteiger partial charge on any atom is 0.163 e. The third kappa shape index (κ3) is 2.35. The standard InChI is InChI=1S/C16H21NO/c1-11-4-2-3-5-15(11)16(18)10-12-8-13-6-7-14(9-12)17-13/h2-5,12-14,17H,6-10H2,1H3. The van der Waals surface area contributed by atoms with Gasteiger partial charge in [-0.1, -0.05) is 24.3 Å². The first-order valence-electron chi connectivity index (χ1n) is 7.07. The summed E-state index contributed by atoms with van der Waals surface area (Å²) in [4.78, 5) is 12.3. The van der Waals surface area contributed by atoms with Crippen molar-refractivity contribution in [2.75, 3.05) is 0 Å². The lowest BCUT2D eigenvalue weighted by Gasteiger charge is -2.28. The highest BCUT2D eigenvalue weighted by atomic mass is 16.1. The molecule has 2 nitrogen and oxygen atoms in total. The summed E-state index contributed by atoms with van der Waals surface area (Å²) < 4.78 is 0. The highest BCUT2D eigenvalue weighted by Crippen LogP contribution is 2.33. The van der Waals surface area contributed by atoms with Crippen LogP contribution in [0.15, 0.2) is 24.3 Å². The van der Waals surface area contributed by atoms with Crippen molar-refractivity contribution in [3.05, 3.63) is 35.4 Å². The lowest BCUT2D eigenvalue weighted by atomic mass is 9.86. The van der Waals surface area contributed by atoms with E-state index in [0.29, 0.717) is 23.8 Å². The van der Waals surface area contributed by atoms with Crippen molar-refractivity contribution < 1.29 is 4.79 Å². The highest BCUT2D eigenvalue weighted by molar-refractivity contribution is 5.97. The number of ketones is 1. The molecule has 2 atom stereocenters. The van der Waals surface area contributed by atoms with Crippen molar-refractivity contribution >= 4 is 5.78 Å². The van der Waals surface area contributed by atoms with Gasteiger partial charge in [-0.25, -0.2) is 0 Å². The Kier molecular flexibility index (Phi) is 3.21. The van der Waals surface area contributed by atoms with Gasteiger partial charge in [-0.15, -0.1) is 0 Å². The number of hydrogen-bond donors (Lipinski definition) is 1. The molecule has 1 aromatic rings. The second-order valence-electron chi connectivity index (χ2n) is 5.92. The zero-order valence-corrected chi connectivity index (χ0v) is 11.0. The minimum absolute atomic E-state index is 0.333. The van der Waals surface area contributed by atoms with Crippen LogP contribution in [0, 0.1) is 12.8 Å². The molecule has 2 heteroatoms. The lowest BCUT2D eigenvalue weighted by Crippen LogP contribution is -2.38. The fourth-order valence-corrected chi connectivity index (χ4v) is 3.60. The van der Waals surface area contributed by atoms with Crippen LogP contribution in [0.3, 0.4) is 0 Å². The van der Waals surface area contributed by atoms with Gasteiger partial charge in [0.2, 0.25) is 0 Å². The smallest absolute Gasteiger partial charge is 0.163 e. The van der Waals surface area contributed by atoms with Crippen LogP contribution in [0.2, 0.25) is 0 Å². The molecule has 0 amide bonds. The van der Waals surface area contributed by atoms with Crippen molar-refractivity contribution in [2.24, 2.45) is 5.92 Å². The second-order valence-corrected chi connectivity index (χ2v) is 5.92. The fraction of sp³-hybridized carbons (Fsp3) is 0.562. The number of carbonyl (C=O) groups is 1. The molecule has 1 aromatic carbocycles. The molecule has 2 bridgehead atoms. The molecule has 3 rings (SSSR count). The first-order valence-corrected chi connectivity index (χ1v) is 7.07. The van der Waals surface area contributed by atoms with Gasteiger partial charge in [-0.2, -0.15) is 0 Å². The molecular weight excluding hydrogens is 222 g/mol. The summed E-state index contributed by atoms with van der Waals surface area (Å²) in [6.45, 7) is 2.03. The van der Waals surface area contributed by atoms with E-state index in [1.165, 1.54) is 25.7 Å². The third-order valence-electron chi connectivity index (χ3n) is 4.49. The number of nitrogens with one attached hydrogen (secondary N) is 1. The summed E-state index contributed by atoms with van der Waals surface area (Å²) >= 11 is 0. The Bertz CT molecular complexity index is 442. The first kappa shape index (κ1) is 11.9. The van der Waals surface area contributed by atoms with Gasteiger partial charge in [-0.3, -0.25) is 4.79 Å². The minimum Gasteiger partial charge on any atom is -0.311 e. The quantitative estimate of drug-likeness (QED) is 0.826. The summed E-state index contributed by atoms with van der Waals surface area (Å²) in [5, 5.41) is 3.63. The van der Waals surface area contributed by atoms with Crippen molar-refractivity contribution in [2.45, 2.75) is 51.1 Å². The maximum absolute atomic E-state index is 12.3. The van der Waals surface area contributed by atoms with Crippen LogP contribution in [-0.2, 0) is 0 Å². The van der Waals surface area contributed by atoms with E-state index in [9.17, 15) is 4.79 Å². The maximum atomic E-state index is 12.3. The van der Waals surface area contributed by atoms with Crippen LogP contribution in [0.5, 0.6) is 0 Å². The van der Waals surface area contributed by atoms with E-state index in [2.05, 4.69) is 5.32 Å². The zero-order chi connectivity index (χ0) is 12.5. The average Bonchev–Trinajstić information content (AvgIpc) is 2.69. The molecule has 18 heavy (non-hydrogen) atoms. The van der Waals surface area contributed by atoms with Crippen molar-refractivity contribution in [3.8, 4) is 0 Å². The van der Waals surface area contributed by atoms with Gasteiger partial charge in [0.25, 0.3) is 0 Å². The number of aryl methyl sites for hydroxylation is 1. The number of hydrogen-bond acceptors (Lipinski definition) is 2. The Labute approximate surface area is 109 Å². The Balaban J connectivity index is 1.66. The Hall–Kier alpha value is -1.15. The summed E-state index contributed by atoms with van der Waals surface area (Å²) in [7, 11) is 0. The van der Waals surface area contributed by atoms with E-state index in [-0.39, 0.29) is 0 Å². The van der Waals surface area contributed by atoms with Crippen molar-refractivity contribution in [1.82, 2.24) is 5.32 Å². The SMILES string of the molecule is Cc1ccccc1C(=O)CC1CC2CCC(C1)N2. The first-order chi connectivity index (χ1) is 8.72. The van der Waals surface area contributed by atoms with E-state index in [1.807, 2.05) is 31.2 Å². The molecule has 0 aromatic heterocycles. The molecule has 2 unspecified atom stereocenters. The Morgan fingerprint density at radius 1 is 1.22 bits per heavy atom. The molecular formula is C16H21NO. The molecule has 2 aliphatic heterocycles. The zero-order valence-electron chi connectivity index (χ0n) is 11.0. The monoisotopic (exact) mass is 243 g/mol. The van der Waals surface area contributed by atoms with Crippen LogP contribution in [0.4, 0.5) is 0 Å². The average molecular weight is 243 g/mol. The molecule has 2 fully saturated rings. The Morgan fingerprint density at radius 3 is 2.56 bits per heavy atom. The van der Waals surface area contributed by atoms with E-state index < -0.39 is 0 Å². The van der Waals surface area contributed by atoms with Gasteiger partial charge < -0.3 is 5.32 Å². The van der Waals surface area contributed by atoms with Gasteiger partial charge in [0.05, 0.1) is 0 Å². The molecule has 1 N–H and O–H groups in total. The summed E-state index contributed by atoms with van der Waals surface area (Å²) in [5.41, 5.74) is 2.03. The largest absolute Gasteiger partial charge is 0.311 e. The third-order valence-corrected chi connectivity index (χ3v) is 4.49. The van der Waals surface area contributed by atoms with E-state index in [1.54, 1.807) is 0 Å². The number of rotatable bonds is 3. The van der Waals surface area contributed by atoms with Crippen LogP contribution < -0.4 is 5.32 Å². The van der Waals surface area contributed by atoms with E-state index >= 15 is 0 Å². The number of carbonyl (C=O) groups excluding carboxylic acids is 1. The minimum atomic E-state index is 0.333. The lowest BCUT2D eigenvalue weighted by molar-refractivity contribution is 0.0945. The summed E-state index contributed by atoms with van der Waals surface area (Å²) in [5.74, 6) is 0.926. The van der Waals surface area contributed by atoms with Crippen molar-refractivity contribution in [3.63, 3.8) is 0 Å². The number of Topliss-reactive ketones (excluding diaryl/α,β-unsaturated/α-hetero) is 1. The van der Waals surface area contributed by atoms with Crippen LogP contribution >= 0.6 is 0 Å². The normalized spacial score (nSPS) is 30.4. The predicted molar refractivity (Wildman–Crippen MR) is 72.8 cm³/mol. The molecule has 2 saturated heterocycles. The summed E-state index contributed by atoms with van der Waals surface area (Å²) in [6.07, 6.45) is 5.72. The van der Waals surface area contributed by atoms with Crippen molar-refractivity contribution in [1.29, 1.82) is 0 Å². The second kappa shape index (κ2) is 4.85. The molecule has 96 valence electrons. The Morgan fingerprint density at radius 2 is 1.89 bits per heavy atom. The molecule has 2 heterocycles. The van der Waals surface area contributed by atoms with E-state index in [4.69, 9.17) is 0 Å². The predicted octanol–water partition coefficient (Wildman–Crippen LogP) is 3.10. The van der Waals surface area contributed by atoms with Gasteiger partial charge >= 0.3 is 0 Å². The number of fused-ring (bicyclic) bond motifs is 2. The highest BCUT2D eigenvalue weighted by Gasteiger charge is 2.34. The van der Waals surface area contributed by atoms with Gasteiger partial charge in [-0.05, 0) is 44.1 Å². The molecule has 0 radical (unpaired) electrons. The van der Waals surface area contributed by atoms with Gasteiger partial charge in [0, 0.05) is 24.1 Å². The molecule has 0 spiro atoms. The number of benzene rings is 1.